The van der Waals surface area contributed by atoms with E-state index in [1.807, 2.05) is 59.7 Å². The fourth-order valence-electron chi connectivity index (χ4n) is 2.61. The summed E-state index contributed by atoms with van der Waals surface area (Å²) in [6.07, 6.45) is 1.10. The highest BCUT2D eigenvalue weighted by Gasteiger charge is 2.15. The molecule has 140 valence electrons. The number of hydrogen-bond donors (Lipinski definition) is 0. The van der Waals surface area contributed by atoms with Crippen molar-refractivity contribution in [2.45, 2.75) is 54.9 Å². The first-order valence-electron chi connectivity index (χ1n) is 10.0. The van der Waals surface area contributed by atoms with E-state index in [0.717, 1.165) is 6.42 Å². The number of fused-ring (bicyclic) bond motifs is 3. The lowest BCUT2D eigenvalue weighted by Gasteiger charge is -1.98. The molecule has 3 aromatic rings. The zero-order valence-electron chi connectivity index (χ0n) is 17.7. The molecule has 0 bridgehead atoms. The van der Waals surface area contributed by atoms with E-state index in [-0.39, 0.29) is 0 Å². The van der Waals surface area contributed by atoms with Crippen molar-refractivity contribution < 1.29 is 0 Å². The van der Waals surface area contributed by atoms with Gasteiger partial charge in [-0.3, -0.25) is 0 Å². The SMILES string of the molecule is CC.CC.CC.Cc1ccccc1.c1ccc2c(c1)Cc1ccccc1-2. The first-order valence-corrected chi connectivity index (χ1v) is 10.0. The summed E-state index contributed by atoms with van der Waals surface area (Å²) < 4.78 is 0. The zero-order chi connectivity index (χ0) is 19.8. The van der Waals surface area contributed by atoms with Crippen LogP contribution in [0.15, 0.2) is 78.9 Å². The predicted octanol–water partition coefficient (Wildman–Crippen LogP) is 8.33. The van der Waals surface area contributed by atoms with Gasteiger partial charge in [-0.1, -0.05) is 126 Å². The molecule has 0 saturated carbocycles. The molecule has 0 aliphatic heterocycles. The lowest BCUT2D eigenvalue weighted by atomic mass is 10.1. The van der Waals surface area contributed by atoms with Crippen LogP contribution in [0.4, 0.5) is 0 Å². The van der Waals surface area contributed by atoms with E-state index in [9.17, 15) is 0 Å². The first-order chi connectivity index (χ1) is 12.8. The summed E-state index contributed by atoms with van der Waals surface area (Å²) in [5.41, 5.74) is 7.08. The van der Waals surface area contributed by atoms with Gasteiger partial charge in [0.2, 0.25) is 0 Å². The summed E-state index contributed by atoms with van der Waals surface area (Å²) in [5, 5.41) is 0. The molecule has 0 nitrogen and oxygen atoms in total. The van der Waals surface area contributed by atoms with E-state index in [0.29, 0.717) is 0 Å². The summed E-state index contributed by atoms with van der Waals surface area (Å²) in [7, 11) is 0. The highest BCUT2D eigenvalue weighted by molar-refractivity contribution is 5.76. The lowest BCUT2D eigenvalue weighted by molar-refractivity contribution is 1.26. The quantitative estimate of drug-likeness (QED) is 0.299. The lowest BCUT2D eigenvalue weighted by Crippen LogP contribution is -1.77. The normalized spacial score (nSPS) is 9.19. The molecule has 0 N–H and O–H groups in total. The molecule has 0 saturated heterocycles. The molecule has 4 rings (SSSR count). The highest BCUT2D eigenvalue weighted by Crippen LogP contribution is 2.35. The van der Waals surface area contributed by atoms with Gasteiger partial charge in [0, 0.05) is 0 Å². The second kappa shape index (κ2) is 15.0. The standard InChI is InChI=1S/C13H10.C7H8.3C2H6/c1-3-7-12-10(5-1)9-11-6-2-4-8-13(11)12;1-7-5-3-2-4-6-7;3*1-2/h1-8H,9H2;2-6H,1H3;3*1-2H3. The minimum atomic E-state index is 1.10. The maximum atomic E-state index is 2.22. The molecule has 0 atom stereocenters. The minimum Gasteiger partial charge on any atom is -0.0683 e. The summed E-state index contributed by atoms with van der Waals surface area (Å²) in [4.78, 5) is 0. The zero-order valence-corrected chi connectivity index (χ0v) is 17.7. The van der Waals surface area contributed by atoms with E-state index in [1.165, 1.54) is 27.8 Å². The smallest absolute Gasteiger partial charge is 0.00135 e. The topological polar surface area (TPSA) is 0 Å². The number of rotatable bonds is 0. The van der Waals surface area contributed by atoms with Gasteiger partial charge in [0.15, 0.2) is 0 Å². The van der Waals surface area contributed by atoms with Gasteiger partial charge in [0.25, 0.3) is 0 Å². The summed E-state index contributed by atoms with van der Waals surface area (Å²) in [6, 6.07) is 27.6. The third-order valence-electron chi connectivity index (χ3n) is 3.65. The van der Waals surface area contributed by atoms with E-state index < -0.39 is 0 Å². The molecule has 0 spiro atoms. The summed E-state index contributed by atoms with van der Waals surface area (Å²) in [5.74, 6) is 0. The Bertz CT molecular complexity index is 652. The van der Waals surface area contributed by atoms with Crippen LogP contribution >= 0.6 is 0 Å². The largest absolute Gasteiger partial charge is 0.0683 e. The fourth-order valence-corrected chi connectivity index (χ4v) is 2.61. The maximum Gasteiger partial charge on any atom is -0.00135 e. The third-order valence-corrected chi connectivity index (χ3v) is 3.65. The van der Waals surface area contributed by atoms with Crippen molar-refractivity contribution in [3.63, 3.8) is 0 Å². The van der Waals surface area contributed by atoms with Gasteiger partial charge in [0.1, 0.15) is 0 Å². The van der Waals surface area contributed by atoms with Crippen LogP contribution in [0.2, 0.25) is 0 Å². The summed E-state index contributed by atoms with van der Waals surface area (Å²) >= 11 is 0. The molecule has 3 aromatic carbocycles. The van der Waals surface area contributed by atoms with Crippen molar-refractivity contribution in [1.29, 1.82) is 0 Å². The van der Waals surface area contributed by atoms with Crippen LogP contribution < -0.4 is 0 Å². The van der Waals surface area contributed by atoms with Crippen LogP contribution in [0.5, 0.6) is 0 Å². The molecule has 0 aromatic heterocycles. The van der Waals surface area contributed by atoms with Crippen LogP contribution in [0, 0.1) is 6.92 Å². The van der Waals surface area contributed by atoms with Crippen LogP contribution in [0.1, 0.15) is 58.2 Å². The second-order valence-electron chi connectivity index (χ2n) is 5.15. The van der Waals surface area contributed by atoms with Crippen molar-refractivity contribution in [2.24, 2.45) is 0 Å². The first kappa shape index (κ1) is 23.7. The maximum absolute atomic E-state index is 2.22. The molecule has 0 unspecified atom stereocenters. The van der Waals surface area contributed by atoms with Crippen LogP contribution in [-0.4, -0.2) is 0 Å². The van der Waals surface area contributed by atoms with Gasteiger partial charge in [0.05, 0.1) is 0 Å². The monoisotopic (exact) mass is 348 g/mol. The van der Waals surface area contributed by atoms with Crippen LogP contribution in [0.3, 0.4) is 0 Å². The second-order valence-corrected chi connectivity index (χ2v) is 5.15. The Labute approximate surface area is 161 Å². The highest BCUT2D eigenvalue weighted by atomic mass is 14.2. The van der Waals surface area contributed by atoms with Gasteiger partial charge in [-0.2, -0.15) is 0 Å². The van der Waals surface area contributed by atoms with Gasteiger partial charge >= 0.3 is 0 Å². The predicted molar refractivity (Wildman–Crippen MR) is 120 cm³/mol. The molecular formula is C26H36. The Morgan fingerprint density at radius 3 is 1.15 bits per heavy atom. The molecule has 0 heteroatoms. The molecule has 1 aliphatic carbocycles. The van der Waals surface area contributed by atoms with Crippen molar-refractivity contribution in [1.82, 2.24) is 0 Å². The minimum absolute atomic E-state index is 1.10. The Morgan fingerprint density at radius 1 is 0.462 bits per heavy atom. The van der Waals surface area contributed by atoms with Gasteiger partial charge < -0.3 is 0 Å². The third kappa shape index (κ3) is 7.27. The van der Waals surface area contributed by atoms with Crippen molar-refractivity contribution in [2.75, 3.05) is 0 Å². The molecule has 0 amide bonds. The molecular weight excluding hydrogens is 312 g/mol. The van der Waals surface area contributed by atoms with Crippen molar-refractivity contribution in [3.05, 3.63) is 95.6 Å². The van der Waals surface area contributed by atoms with Crippen molar-refractivity contribution >= 4 is 0 Å². The van der Waals surface area contributed by atoms with Crippen LogP contribution in [0.25, 0.3) is 11.1 Å². The molecule has 0 heterocycles. The fraction of sp³-hybridized carbons (Fsp3) is 0.308. The van der Waals surface area contributed by atoms with Gasteiger partial charge in [-0.05, 0) is 35.6 Å². The Kier molecular flexibility index (Phi) is 13.6. The van der Waals surface area contributed by atoms with E-state index in [2.05, 4.69) is 67.6 Å². The average molecular weight is 349 g/mol. The van der Waals surface area contributed by atoms with Crippen molar-refractivity contribution in [3.8, 4) is 11.1 Å². The van der Waals surface area contributed by atoms with E-state index in [4.69, 9.17) is 0 Å². The summed E-state index contributed by atoms with van der Waals surface area (Å²) in [6.45, 7) is 14.1. The number of benzene rings is 3. The number of aryl methyl sites for hydroxylation is 1. The molecule has 26 heavy (non-hydrogen) atoms. The van der Waals surface area contributed by atoms with E-state index >= 15 is 0 Å². The van der Waals surface area contributed by atoms with E-state index in [1.54, 1.807) is 0 Å². The Hall–Kier alpha value is -2.34. The average Bonchev–Trinajstić information content (AvgIpc) is 3.12. The number of hydrogen-bond acceptors (Lipinski definition) is 0. The molecule has 0 radical (unpaired) electrons. The van der Waals surface area contributed by atoms with Crippen LogP contribution in [-0.2, 0) is 6.42 Å². The Morgan fingerprint density at radius 2 is 0.808 bits per heavy atom. The molecule has 1 aliphatic rings. The molecule has 0 fully saturated rings. The Balaban J connectivity index is 0.000000412. The van der Waals surface area contributed by atoms with Gasteiger partial charge in [-0.25, -0.2) is 0 Å². The van der Waals surface area contributed by atoms with Gasteiger partial charge in [-0.15, -0.1) is 0 Å².